The van der Waals surface area contributed by atoms with Crippen molar-refractivity contribution in [2.75, 3.05) is 31.2 Å². The van der Waals surface area contributed by atoms with Crippen LogP contribution in [0.2, 0.25) is 0 Å². The van der Waals surface area contributed by atoms with Crippen molar-refractivity contribution < 1.29 is 13.5 Å². The van der Waals surface area contributed by atoms with E-state index in [4.69, 9.17) is 5.73 Å². The molecule has 0 spiro atoms. The summed E-state index contributed by atoms with van der Waals surface area (Å²) in [7, 11) is -2.77. The molecular formula is C11H22N2O3S. The van der Waals surface area contributed by atoms with E-state index >= 15 is 0 Å². The van der Waals surface area contributed by atoms with Gasteiger partial charge in [-0.15, -0.1) is 0 Å². The molecule has 2 saturated heterocycles. The Morgan fingerprint density at radius 3 is 2.24 bits per heavy atom. The van der Waals surface area contributed by atoms with Crippen molar-refractivity contribution in [3.05, 3.63) is 0 Å². The first kappa shape index (κ1) is 13.3. The van der Waals surface area contributed by atoms with Gasteiger partial charge in [0.2, 0.25) is 0 Å². The fourth-order valence-electron chi connectivity index (χ4n) is 2.74. The molecule has 0 radical (unpaired) electrons. The largest absolute Gasteiger partial charge is 0.394 e. The van der Waals surface area contributed by atoms with Crippen molar-refractivity contribution in [1.82, 2.24) is 4.90 Å². The zero-order valence-electron chi connectivity index (χ0n) is 10.1. The minimum atomic E-state index is -2.77. The summed E-state index contributed by atoms with van der Waals surface area (Å²) in [4.78, 5) is 2.34. The molecule has 0 unspecified atom stereocenters. The van der Waals surface area contributed by atoms with Gasteiger partial charge in [-0.1, -0.05) is 0 Å². The van der Waals surface area contributed by atoms with Gasteiger partial charge < -0.3 is 15.7 Å². The van der Waals surface area contributed by atoms with E-state index in [0.29, 0.717) is 17.5 Å². The van der Waals surface area contributed by atoms with Crippen molar-refractivity contribution in [3.8, 4) is 0 Å². The van der Waals surface area contributed by atoms with Crippen molar-refractivity contribution >= 4 is 9.84 Å². The topological polar surface area (TPSA) is 83.6 Å². The molecule has 0 amide bonds. The number of piperidine rings is 1. The number of hydrogen-bond donors (Lipinski definition) is 2. The zero-order chi connectivity index (χ0) is 12.5. The third-order valence-electron chi connectivity index (χ3n) is 4.15. The van der Waals surface area contributed by atoms with Crippen molar-refractivity contribution in [1.29, 1.82) is 0 Å². The predicted molar refractivity (Wildman–Crippen MR) is 66.5 cm³/mol. The van der Waals surface area contributed by atoms with Gasteiger partial charge in [-0.2, -0.15) is 0 Å². The summed E-state index contributed by atoms with van der Waals surface area (Å²) < 4.78 is 22.7. The maximum absolute atomic E-state index is 11.4. The Hall–Kier alpha value is -0.170. The van der Waals surface area contributed by atoms with Gasteiger partial charge >= 0.3 is 0 Å². The van der Waals surface area contributed by atoms with E-state index in [1.165, 1.54) is 0 Å². The Labute approximate surface area is 103 Å². The van der Waals surface area contributed by atoms with Crippen LogP contribution in [0.4, 0.5) is 0 Å². The van der Waals surface area contributed by atoms with Gasteiger partial charge in [-0.05, 0) is 25.7 Å². The fourth-order valence-corrected chi connectivity index (χ4v) is 4.20. The highest BCUT2D eigenvalue weighted by molar-refractivity contribution is 7.91. The highest BCUT2D eigenvalue weighted by Gasteiger charge is 2.34. The smallest absolute Gasteiger partial charge is 0.150 e. The van der Waals surface area contributed by atoms with Gasteiger partial charge in [0.05, 0.1) is 18.1 Å². The minimum Gasteiger partial charge on any atom is -0.394 e. The Bertz CT molecular complexity index is 347. The second-order valence-corrected chi connectivity index (χ2v) is 7.74. The average Bonchev–Trinajstić information content (AvgIpc) is 2.31. The van der Waals surface area contributed by atoms with Crippen molar-refractivity contribution in [3.63, 3.8) is 0 Å². The highest BCUT2D eigenvalue weighted by Crippen LogP contribution is 2.25. The van der Waals surface area contributed by atoms with Crippen LogP contribution < -0.4 is 5.73 Å². The number of nitrogens with zero attached hydrogens (tertiary/aromatic N) is 1. The van der Waals surface area contributed by atoms with Crippen LogP contribution in [0, 0.1) is 0 Å². The zero-order valence-corrected chi connectivity index (χ0v) is 11.0. The lowest BCUT2D eigenvalue weighted by molar-refractivity contribution is 0.0767. The van der Waals surface area contributed by atoms with Gasteiger partial charge in [0.15, 0.2) is 0 Å². The van der Waals surface area contributed by atoms with Crippen LogP contribution in [0.5, 0.6) is 0 Å². The van der Waals surface area contributed by atoms with Gasteiger partial charge in [0.1, 0.15) is 9.84 Å². The lowest BCUT2D eigenvalue weighted by Gasteiger charge is -2.42. The number of aliphatic hydroxyl groups excluding tert-OH is 1. The second kappa shape index (κ2) is 4.84. The Balaban J connectivity index is 1.86. The lowest BCUT2D eigenvalue weighted by Crippen LogP contribution is -2.55. The maximum Gasteiger partial charge on any atom is 0.150 e. The lowest BCUT2D eigenvalue weighted by atomic mass is 9.88. The van der Waals surface area contributed by atoms with E-state index in [0.717, 1.165) is 38.8 Å². The SMILES string of the molecule is NC1(CO)CCN(C2CCS(=O)(=O)CC2)CC1. The molecule has 6 heteroatoms. The first-order chi connectivity index (χ1) is 7.94. The number of sulfone groups is 1. The van der Waals surface area contributed by atoms with Crippen LogP contribution in [-0.4, -0.2) is 61.2 Å². The van der Waals surface area contributed by atoms with Gasteiger partial charge in [0.25, 0.3) is 0 Å². The van der Waals surface area contributed by atoms with E-state index in [1.54, 1.807) is 0 Å². The average molecular weight is 262 g/mol. The summed E-state index contributed by atoms with van der Waals surface area (Å²) in [6, 6.07) is 0.391. The highest BCUT2D eigenvalue weighted by atomic mass is 32.2. The monoisotopic (exact) mass is 262 g/mol. The molecule has 2 aliphatic heterocycles. The second-order valence-electron chi connectivity index (χ2n) is 5.44. The molecule has 2 fully saturated rings. The summed E-state index contributed by atoms with van der Waals surface area (Å²) in [5, 5.41) is 9.19. The first-order valence-corrected chi connectivity index (χ1v) is 8.10. The van der Waals surface area contributed by atoms with Crippen molar-refractivity contribution in [2.45, 2.75) is 37.3 Å². The van der Waals surface area contributed by atoms with E-state index in [9.17, 15) is 13.5 Å². The Kier molecular flexibility index (Phi) is 3.77. The normalized spacial score (nSPS) is 30.2. The quantitative estimate of drug-likeness (QED) is 0.691. The van der Waals surface area contributed by atoms with E-state index in [-0.39, 0.29) is 6.61 Å². The van der Waals surface area contributed by atoms with Gasteiger partial charge in [-0.25, -0.2) is 8.42 Å². The maximum atomic E-state index is 11.4. The van der Waals surface area contributed by atoms with Crippen molar-refractivity contribution in [2.24, 2.45) is 5.73 Å². The number of hydrogen-bond acceptors (Lipinski definition) is 5. The van der Waals surface area contributed by atoms with E-state index < -0.39 is 15.4 Å². The molecule has 0 aromatic rings. The third-order valence-corrected chi connectivity index (χ3v) is 5.86. The van der Waals surface area contributed by atoms with Crippen LogP contribution in [-0.2, 0) is 9.84 Å². The fraction of sp³-hybridized carbons (Fsp3) is 1.00. The summed E-state index contributed by atoms with van der Waals surface area (Å²) in [5.41, 5.74) is 5.60. The molecule has 0 bridgehead atoms. The summed E-state index contributed by atoms with van der Waals surface area (Å²) in [6.07, 6.45) is 3.09. The number of likely N-dealkylation sites (tertiary alicyclic amines) is 1. The molecule has 100 valence electrons. The molecule has 0 saturated carbocycles. The molecule has 0 atom stereocenters. The van der Waals surface area contributed by atoms with Crippen LogP contribution in [0.25, 0.3) is 0 Å². The number of rotatable bonds is 2. The Morgan fingerprint density at radius 2 is 1.76 bits per heavy atom. The summed E-state index contributed by atoms with van der Waals surface area (Å²) in [6.45, 7) is 1.80. The first-order valence-electron chi connectivity index (χ1n) is 6.28. The predicted octanol–water partition coefficient (Wildman–Crippen LogP) is -0.651. The third kappa shape index (κ3) is 3.19. The van der Waals surface area contributed by atoms with E-state index in [2.05, 4.69) is 4.90 Å². The molecule has 2 rings (SSSR count). The summed E-state index contributed by atoms with van der Waals surface area (Å²) >= 11 is 0. The Morgan fingerprint density at radius 1 is 1.24 bits per heavy atom. The number of nitrogens with two attached hydrogens (primary N) is 1. The number of aliphatic hydroxyl groups is 1. The molecule has 0 aliphatic carbocycles. The molecule has 17 heavy (non-hydrogen) atoms. The summed E-state index contributed by atoms with van der Waals surface area (Å²) in [5.74, 6) is 0.643. The molecule has 2 aliphatic rings. The van der Waals surface area contributed by atoms with Crippen LogP contribution >= 0.6 is 0 Å². The molecule has 3 N–H and O–H groups in total. The molecule has 5 nitrogen and oxygen atoms in total. The molecular weight excluding hydrogens is 240 g/mol. The van der Waals surface area contributed by atoms with Gasteiger partial charge in [-0.3, -0.25) is 0 Å². The van der Waals surface area contributed by atoms with Crippen LogP contribution in [0.15, 0.2) is 0 Å². The minimum absolute atomic E-state index is 0.0416. The van der Waals surface area contributed by atoms with Crippen LogP contribution in [0.3, 0.4) is 0 Å². The van der Waals surface area contributed by atoms with E-state index in [1.807, 2.05) is 0 Å². The molecule has 0 aromatic carbocycles. The standard InChI is InChI=1S/C11H22N2O3S/c12-11(9-14)3-5-13(6-4-11)10-1-7-17(15,16)8-2-10/h10,14H,1-9,12H2. The van der Waals surface area contributed by atoms with Gasteiger partial charge in [0, 0.05) is 24.7 Å². The molecule has 0 aromatic heterocycles. The molecule has 2 heterocycles. The van der Waals surface area contributed by atoms with Crippen LogP contribution in [0.1, 0.15) is 25.7 Å².